The minimum Gasteiger partial charge on any atom is -0.360 e. The molecule has 0 fully saturated rings. The number of carbonyl (C=O) groups excluding carboxylic acids is 2. The molecule has 0 bridgehead atoms. The molecule has 0 saturated heterocycles. The van der Waals surface area contributed by atoms with Gasteiger partial charge in [-0.15, -0.1) is 0 Å². The molecule has 35 heavy (non-hydrogen) atoms. The topological polar surface area (TPSA) is 102 Å². The van der Waals surface area contributed by atoms with Gasteiger partial charge in [0, 0.05) is 37.3 Å². The van der Waals surface area contributed by atoms with Gasteiger partial charge in [0.15, 0.2) is 5.69 Å². The quantitative estimate of drug-likeness (QED) is 0.380. The molecule has 5 aromatic rings. The minimum atomic E-state index is -0.287. The molecule has 5 rings (SSSR count). The van der Waals surface area contributed by atoms with Crippen LogP contribution in [0.1, 0.15) is 37.7 Å². The van der Waals surface area contributed by atoms with E-state index in [1.807, 2.05) is 65.2 Å². The molecular formula is C27H23N5O3. The fourth-order valence-electron chi connectivity index (χ4n) is 3.85. The summed E-state index contributed by atoms with van der Waals surface area (Å²) in [6.45, 7) is 0.361. The Labute approximate surface area is 201 Å². The van der Waals surface area contributed by atoms with Crippen LogP contribution >= 0.6 is 0 Å². The number of nitrogens with zero attached hydrogens (tertiary/aromatic N) is 3. The molecule has 0 radical (unpaired) electrons. The molecule has 2 N–H and O–H groups in total. The van der Waals surface area contributed by atoms with Crippen LogP contribution in [0.4, 0.5) is 0 Å². The highest BCUT2D eigenvalue weighted by Crippen LogP contribution is 2.20. The maximum absolute atomic E-state index is 12.5. The van der Waals surface area contributed by atoms with Crippen molar-refractivity contribution < 1.29 is 14.1 Å². The molecule has 0 aliphatic heterocycles. The Morgan fingerprint density at radius 2 is 1.71 bits per heavy atom. The number of fused-ring (bicyclic) bond motifs is 1. The third-order valence-electron chi connectivity index (χ3n) is 5.72. The lowest BCUT2D eigenvalue weighted by Crippen LogP contribution is -2.23. The first-order valence-electron chi connectivity index (χ1n) is 11.2. The number of hydrogen-bond acceptors (Lipinski definition) is 5. The second-order valence-corrected chi connectivity index (χ2v) is 8.09. The van der Waals surface area contributed by atoms with Gasteiger partial charge < -0.3 is 15.2 Å². The van der Waals surface area contributed by atoms with Crippen molar-refractivity contribution in [2.75, 3.05) is 7.05 Å². The van der Waals surface area contributed by atoms with Crippen LogP contribution in [0.25, 0.3) is 16.7 Å². The number of rotatable bonds is 7. The molecule has 0 aliphatic carbocycles. The average Bonchev–Trinajstić information content (AvgIpc) is 3.54. The lowest BCUT2D eigenvalue weighted by Gasteiger charge is -2.07. The summed E-state index contributed by atoms with van der Waals surface area (Å²) in [6.07, 6.45) is 2.31. The number of aromatic nitrogens is 3. The zero-order chi connectivity index (χ0) is 24.2. The summed E-state index contributed by atoms with van der Waals surface area (Å²) in [5.74, 6) is 0.205. The van der Waals surface area contributed by atoms with Gasteiger partial charge in [0.2, 0.25) is 0 Å². The number of imidazole rings is 1. The Morgan fingerprint density at radius 1 is 0.914 bits per heavy atom. The zero-order valence-corrected chi connectivity index (χ0v) is 19.1. The number of benzene rings is 3. The van der Waals surface area contributed by atoms with Crippen molar-refractivity contribution in [1.29, 1.82) is 0 Å². The zero-order valence-electron chi connectivity index (χ0n) is 19.1. The molecule has 2 heterocycles. The fraction of sp³-hybridized carbons (Fsp3) is 0.111. The van der Waals surface area contributed by atoms with E-state index in [2.05, 4.69) is 20.8 Å². The summed E-state index contributed by atoms with van der Waals surface area (Å²) >= 11 is 0. The molecule has 2 aromatic heterocycles. The van der Waals surface area contributed by atoms with Crippen molar-refractivity contribution in [2.45, 2.75) is 13.0 Å². The van der Waals surface area contributed by atoms with E-state index in [9.17, 15) is 9.59 Å². The standard InChI is InChI=1S/C27H23N5O3/c1-28-26(33)20-9-12-25-23(14-20)30-17-32(25)21-10-7-19(8-11-21)16-29-27(34)24-15-22(35-31-24)13-18-5-3-2-4-6-18/h2-12,14-15,17H,13,16H2,1H3,(H,28,33)(H,29,34). The van der Waals surface area contributed by atoms with E-state index < -0.39 is 0 Å². The highest BCUT2D eigenvalue weighted by molar-refractivity contribution is 5.97. The highest BCUT2D eigenvalue weighted by atomic mass is 16.5. The number of amides is 2. The van der Waals surface area contributed by atoms with Crippen LogP contribution in [0.15, 0.2) is 89.7 Å². The van der Waals surface area contributed by atoms with Gasteiger partial charge in [0.1, 0.15) is 12.1 Å². The fourth-order valence-corrected chi connectivity index (χ4v) is 3.85. The third-order valence-corrected chi connectivity index (χ3v) is 5.72. The van der Waals surface area contributed by atoms with E-state index in [-0.39, 0.29) is 17.5 Å². The SMILES string of the molecule is CNC(=O)c1ccc2c(c1)ncn2-c1ccc(CNC(=O)c2cc(Cc3ccccc3)on2)cc1. The van der Waals surface area contributed by atoms with E-state index in [1.54, 1.807) is 31.6 Å². The monoisotopic (exact) mass is 465 g/mol. The van der Waals surface area contributed by atoms with Crippen LogP contribution in [0.2, 0.25) is 0 Å². The molecule has 0 saturated carbocycles. The van der Waals surface area contributed by atoms with E-state index in [0.29, 0.717) is 24.3 Å². The maximum atomic E-state index is 12.5. The number of hydrogen-bond donors (Lipinski definition) is 2. The summed E-state index contributed by atoms with van der Waals surface area (Å²) in [7, 11) is 1.60. The average molecular weight is 466 g/mol. The first-order valence-corrected chi connectivity index (χ1v) is 11.2. The van der Waals surface area contributed by atoms with Crippen molar-refractivity contribution in [1.82, 2.24) is 25.3 Å². The largest absolute Gasteiger partial charge is 0.360 e. The van der Waals surface area contributed by atoms with E-state index in [4.69, 9.17) is 4.52 Å². The molecule has 0 unspecified atom stereocenters. The normalized spacial score (nSPS) is 10.9. The molecule has 8 heteroatoms. The van der Waals surface area contributed by atoms with Gasteiger partial charge in [0.25, 0.3) is 11.8 Å². The molecule has 174 valence electrons. The molecule has 0 atom stereocenters. The summed E-state index contributed by atoms with van der Waals surface area (Å²) in [4.78, 5) is 28.8. The van der Waals surface area contributed by atoms with Gasteiger partial charge >= 0.3 is 0 Å². The summed E-state index contributed by atoms with van der Waals surface area (Å²) < 4.78 is 7.27. The van der Waals surface area contributed by atoms with Crippen LogP contribution in [-0.2, 0) is 13.0 Å². The Balaban J connectivity index is 1.22. The maximum Gasteiger partial charge on any atom is 0.273 e. The van der Waals surface area contributed by atoms with Crippen molar-refractivity contribution in [3.8, 4) is 5.69 Å². The van der Waals surface area contributed by atoms with Crippen molar-refractivity contribution >= 4 is 22.8 Å². The van der Waals surface area contributed by atoms with Gasteiger partial charge in [-0.05, 0) is 41.5 Å². The number of nitrogens with one attached hydrogen (secondary N) is 2. The van der Waals surface area contributed by atoms with Crippen LogP contribution in [0, 0.1) is 0 Å². The Morgan fingerprint density at radius 3 is 2.49 bits per heavy atom. The molecule has 2 amide bonds. The Kier molecular flexibility index (Phi) is 6.09. The molecular weight excluding hydrogens is 442 g/mol. The predicted octanol–water partition coefficient (Wildman–Crippen LogP) is 3.89. The number of carbonyl (C=O) groups is 2. The van der Waals surface area contributed by atoms with Gasteiger partial charge in [-0.25, -0.2) is 4.98 Å². The highest BCUT2D eigenvalue weighted by Gasteiger charge is 2.13. The van der Waals surface area contributed by atoms with E-state index >= 15 is 0 Å². The first-order chi connectivity index (χ1) is 17.1. The summed E-state index contributed by atoms with van der Waals surface area (Å²) in [5.41, 5.74) is 5.42. The van der Waals surface area contributed by atoms with Crippen LogP contribution in [0.3, 0.4) is 0 Å². The summed E-state index contributed by atoms with van der Waals surface area (Å²) in [5, 5.41) is 9.40. The van der Waals surface area contributed by atoms with Gasteiger partial charge in [0.05, 0.1) is 11.0 Å². The Bertz CT molecular complexity index is 1490. The van der Waals surface area contributed by atoms with Gasteiger partial charge in [-0.1, -0.05) is 47.6 Å². The second kappa shape index (κ2) is 9.64. The molecule has 0 spiro atoms. The molecule has 0 aliphatic rings. The van der Waals surface area contributed by atoms with Crippen molar-refractivity contribution in [3.63, 3.8) is 0 Å². The predicted molar refractivity (Wildman–Crippen MR) is 131 cm³/mol. The van der Waals surface area contributed by atoms with Crippen molar-refractivity contribution in [3.05, 3.63) is 113 Å². The lowest BCUT2D eigenvalue weighted by atomic mass is 10.1. The van der Waals surface area contributed by atoms with Crippen LogP contribution < -0.4 is 10.6 Å². The second-order valence-electron chi connectivity index (χ2n) is 8.09. The minimum absolute atomic E-state index is 0.147. The van der Waals surface area contributed by atoms with Gasteiger partial charge in [-0.2, -0.15) is 0 Å². The first kappa shape index (κ1) is 22.1. The van der Waals surface area contributed by atoms with Crippen LogP contribution in [-0.4, -0.2) is 33.6 Å². The van der Waals surface area contributed by atoms with E-state index in [1.165, 1.54) is 0 Å². The molecule has 3 aromatic carbocycles. The third kappa shape index (κ3) is 4.81. The smallest absolute Gasteiger partial charge is 0.273 e. The molecule has 8 nitrogen and oxygen atoms in total. The van der Waals surface area contributed by atoms with E-state index in [0.717, 1.165) is 27.8 Å². The van der Waals surface area contributed by atoms with Gasteiger partial charge in [-0.3, -0.25) is 14.2 Å². The Hall–Kier alpha value is -4.72. The van der Waals surface area contributed by atoms with Crippen molar-refractivity contribution in [2.24, 2.45) is 0 Å². The van der Waals surface area contributed by atoms with Crippen LogP contribution in [0.5, 0.6) is 0 Å². The lowest BCUT2D eigenvalue weighted by molar-refractivity contribution is 0.0939. The summed E-state index contributed by atoms with van der Waals surface area (Å²) in [6, 6.07) is 24.8.